The molecule has 0 aliphatic heterocycles. The van der Waals surface area contributed by atoms with E-state index < -0.39 is 9.73 Å². The molecule has 12 heavy (non-hydrogen) atoms. The van der Waals surface area contributed by atoms with Crippen molar-refractivity contribution >= 4 is 27.8 Å². The number of benzene rings is 1. The van der Waals surface area contributed by atoms with Gasteiger partial charge in [0, 0.05) is 16.8 Å². The molecule has 1 aromatic rings. The van der Waals surface area contributed by atoms with Gasteiger partial charge in [-0.3, -0.25) is 0 Å². The Morgan fingerprint density at radius 3 is 2.08 bits per heavy atom. The van der Waals surface area contributed by atoms with E-state index in [-0.39, 0.29) is 12.4 Å². The van der Waals surface area contributed by atoms with Crippen LogP contribution in [-0.4, -0.2) is 10.5 Å². The Labute approximate surface area is 78.4 Å². The monoisotopic (exact) mass is 206 g/mol. The summed E-state index contributed by atoms with van der Waals surface area (Å²) in [6, 6.07) is 6.52. The van der Waals surface area contributed by atoms with E-state index in [1.165, 1.54) is 6.26 Å². The minimum Gasteiger partial charge on any atom is -0.399 e. The normalized spacial score (nSPS) is 14.4. The largest absolute Gasteiger partial charge is 0.399 e. The third-order valence-electron chi connectivity index (χ3n) is 1.33. The van der Waals surface area contributed by atoms with Gasteiger partial charge in [-0.2, -0.15) is 0 Å². The Morgan fingerprint density at radius 1 is 1.33 bits per heavy atom. The molecule has 0 heterocycles. The highest BCUT2D eigenvalue weighted by atomic mass is 35.5. The van der Waals surface area contributed by atoms with E-state index in [0.717, 1.165) is 0 Å². The van der Waals surface area contributed by atoms with Gasteiger partial charge in [-0.15, -0.1) is 12.4 Å². The van der Waals surface area contributed by atoms with E-state index in [2.05, 4.69) is 0 Å². The molecule has 0 aliphatic carbocycles. The smallest absolute Gasteiger partial charge is 0.0696 e. The molecule has 3 nitrogen and oxygen atoms in total. The molecule has 1 aromatic carbocycles. The van der Waals surface area contributed by atoms with Crippen molar-refractivity contribution < 1.29 is 4.21 Å². The molecular weight excluding hydrogens is 196 g/mol. The molecule has 0 unspecified atom stereocenters. The average Bonchev–Trinajstić information content (AvgIpc) is 1.86. The lowest BCUT2D eigenvalue weighted by Crippen LogP contribution is -1.94. The fourth-order valence-electron chi connectivity index (χ4n) is 0.728. The first-order valence-electron chi connectivity index (χ1n) is 3.09. The maximum atomic E-state index is 11.1. The summed E-state index contributed by atoms with van der Waals surface area (Å²) in [7, 11) is -2.58. The van der Waals surface area contributed by atoms with E-state index >= 15 is 0 Å². The zero-order chi connectivity index (χ0) is 8.48. The summed E-state index contributed by atoms with van der Waals surface area (Å²) in [4.78, 5) is 0.520. The lowest BCUT2D eigenvalue weighted by atomic mass is 10.3. The van der Waals surface area contributed by atoms with Crippen molar-refractivity contribution in [2.75, 3.05) is 12.0 Å². The fraction of sp³-hybridized carbons (Fsp3) is 0.143. The number of rotatable bonds is 1. The summed E-state index contributed by atoms with van der Waals surface area (Å²) >= 11 is 0. The summed E-state index contributed by atoms with van der Waals surface area (Å²) in [5.41, 5.74) is 6.04. The molecule has 0 amide bonds. The minimum absolute atomic E-state index is 0. The van der Waals surface area contributed by atoms with Gasteiger partial charge in [0.05, 0.1) is 9.73 Å². The zero-order valence-electron chi connectivity index (χ0n) is 6.61. The van der Waals surface area contributed by atoms with Crippen LogP contribution in [0.4, 0.5) is 5.69 Å². The molecule has 5 heteroatoms. The molecule has 3 N–H and O–H groups in total. The second-order valence-corrected chi connectivity index (χ2v) is 4.57. The predicted octanol–water partition coefficient (Wildman–Crippen LogP) is 1.73. The molecule has 0 saturated heterocycles. The van der Waals surface area contributed by atoms with Crippen molar-refractivity contribution in [2.45, 2.75) is 4.90 Å². The van der Waals surface area contributed by atoms with Gasteiger partial charge in [-0.25, -0.2) is 8.99 Å². The first-order chi connectivity index (χ1) is 5.00. The van der Waals surface area contributed by atoms with E-state index in [4.69, 9.17) is 10.5 Å². The molecule has 0 fully saturated rings. The standard InChI is InChI=1S/C7H10N2OS.ClH/c1-11(9,10)7-4-2-6(8)3-5-7;/h2-5,9H,8H2,1H3;1H/t11-;/m0./s1. The van der Waals surface area contributed by atoms with Gasteiger partial charge >= 0.3 is 0 Å². The third-order valence-corrected chi connectivity index (χ3v) is 2.50. The van der Waals surface area contributed by atoms with Crippen LogP contribution in [0.2, 0.25) is 0 Å². The Balaban J connectivity index is 0.00000121. The number of nitrogens with two attached hydrogens (primary N) is 1. The molecule has 0 aliphatic rings. The van der Waals surface area contributed by atoms with Crippen LogP contribution in [0.1, 0.15) is 0 Å². The maximum Gasteiger partial charge on any atom is 0.0696 e. The second kappa shape index (κ2) is 3.78. The van der Waals surface area contributed by atoms with Gasteiger partial charge in [0.2, 0.25) is 0 Å². The molecule has 0 saturated carbocycles. The number of anilines is 1. The van der Waals surface area contributed by atoms with Crippen molar-refractivity contribution in [3.8, 4) is 0 Å². The van der Waals surface area contributed by atoms with Crippen LogP contribution < -0.4 is 5.73 Å². The van der Waals surface area contributed by atoms with E-state index in [9.17, 15) is 4.21 Å². The van der Waals surface area contributed by atoms with Crippen molar-refractivity contribution in [1.82, 2.24) is 0 Å². The number of nitrogen functional groups attached to an aromatic ring is 1. The van der Waals surface area contributed by atoms with Gasteiger partial charge in [-0.1, -0.05) is 0 Å². The summed E-state index contributed by atoms with van der Waals surface area (Å²) in [5.74, 6) is 0. The van der Waals surface area contributed by atoms with E-state index in [0.29, 0.717) is 10.6 Å². The number of hydrogen-bond donors (Lipinski definition) is 2. The molecule has 0 aromatic heterocycles. The van der Waals surface area contributed by atoms with Crippen molar-refractivity contribution in [3.05, 3.63) is 24.3 Å². The molecule has 0 spiro atoms. The van der Waals surface area contributed by atoms with Gasteiger partial charge in [0.1, 0.15) is 0 Å². The highest BCUT2D eigenvalue weighted by Crippen LogP contribution is 2.11. The molecule has 1 rings (SSSR count). The van der Waals surface area contributed by atoms with Crippen molar-refractivity contribution in [2.24, 2.45) is 0 Å². The van der Waals surface area contributed by atoms with Gasteiger partial charge in [-0.05, 0) is 24.3 Å². The third kappa shape index (κ3) is 2.71. The van der Waals surface area contributed by atoms with Gasteiger partial charge < -0.3 is 5.73 Å². The zero-order valence-corrected chi connectivity index (χ0v) is 8.24. The van der Waals surface area contributed by atoms with Gasteiger partial charge in [0.25, 0.3) is 0 Å². The topological polar surface area (TPSA) is 66.9 Å². The van der Waals surface area contributed by atoms with Crippen LogP contribution in [-0.2, 0) is 9.73 Å². The quantitative estimate of drug-likeness (QED) is 0.688. The van der Waals surface area contributed by atoms with Crippen LogP contribution in [0.5, 0.6) is 0 Å². The summed E-state index contributed by atoms with van der Waals surface area (Å²) in [6.45, 7) is 0. The van der Waals surface area contributed by atoms with Crippen LogP contribution in [0.25, 0.3) is 0 Å². The highest BCUT2D eigenvalue weighted by Gasteiger charge is 2.00. The summed E-state index contributed by atoms with van der Waals surface area (Å²) < 4.78 is 18.4. The second-order valence-electron chi connectivity index (χ2n) is 2.41. The van der Waals surface area contributed by atoms with Crippen LogP contribution in [0.3, 0.4) is 0 Å². The first-order valence-corrected chi connectivity index (χ1v) is 5.06. The Kier molecular flexibility index (Phi) is 3.55. The Morgan fingerprint density at radius 2 is 1.75 bits per heavy atom. The maximum absolute atomic E-state index is 11.1. The lowest BCUT2D eigenvalue weighted by Gasteiger charge is -1.99. The fourth-order valence-corrected chi connectivity index (χ4v) is 1.38. The Hall–Kier alpha value is -0.740. The van der Waals surface area contributed by atoms with Crippen LogP contribution in [0.15, 0.2) is 29.2 Å². The summed E-state index contributed by atoms with van der Waals surface area (Å²) in [5, 5.41) is 0. The highest BCUT2D eigenvalue weighted by molar-refractivity contribution is 7.91. The summed E-state index contributed by atoms with van der Waals surface area (Å²) in [6.07, 6.45) is 1.39. The molecule has 68 valence electrons. The SMILES string of the molecule is C[S@](=N)(=O)c1ccc(N)cc1.Cl. The number of nitrogens with one attached hydrogen (secondary N) is 1. The van der Waals surface area contributed by atoms with E-state index in [1.807, 2.05) is 0 Å². The lowest BCUT2D eigenvalue weighted by molar-refractivity contribution is 0.679. The Bertz CT molecular complexity index is 344. The number of hydrogen-bond acceptors (Lipinski definition) is 3. The molecule has 0 bridgehead atoms. The van der Waals surface area contributed by atoms with Crippen LogP contribution in [0, 0.1) is 4.78 Å². The van der Waals surface area contributed by atoms with E-state index in [1.54, 1.807) is 24.3 Å². The predicted molar refractivity (Wildman–Crippen MR) is 53.2 cm³/mol. The van der Waals surface area contributed by atoms with Crippen molar-refractivity contribution in [3.63, 3.8) is 0 Å². The minimum atomic E-state index is -2.58. The first kappa shape index (κ1) is 11.3. The molecule has 1 atom stereocenters. The van der Waals surface area contributed by atoms with Crippen molar-refractivity contribution in [1.29, 1.82) is 4.78 Å². The molecule has 0 radical (unpaired) electrons. The molecular formula is C7H11ClN2OS. The number of halogens is 1. The van der Waals surface area contributed by atoms with Crippen LogP contribution >= 0.6 is 12.4 Å². The average molecular weight is 207 g/mol. The van der Waals surface area contributed by atoms with Gasteiger partial charge in [0.15, 0.2) is 0 Å².